The fourth-order valence-corrected chi connectivity index (χ4v) is 3.86. The first-order chi connectivity index (χ1) is 9.37. The van der Waals surface area contributed by atoms with E-state index in [0.717, 1.165) is 0 Å². The van der Waals surface area contributed by atoms with Gasteiger partial charge in [0, 0.05) is 16.1 Å². The van der Waals surface area contributed by atoms with Gasteiger partial charge in [-0.2, -0.15) is 0 Å². The molecule has 1 aliphatic carbocycles. The molecule has 2 rings (SSSR count). The largest absolute Gasteiger partial charge is 0.348 e. The lowest BCUT2D eigenvalue weighted by molar-refractivity contribution is 0.0943. The van der Waals surface area contributed by atoms with Crippen LogP contribution in [-0.4, -0.2) is 20.4 Å². The summed E-state index contributed by atoms with van der Waals surface area (Å²) in [6.45, 7) is 8.37. The molecule has 5 nitrogen and oxygen atoms in total. The van der Waals surface area contributed by atoms with Crippen molar-refractivity contribution in [1.29, 1.82) is 0 Å². The van der Waals surface area contributed by atoms with E-state index in [1.165, 1.54) is 12.1 Å². The topological polar surface area (TPSA) is 89.3 Å². The second-order valence-electron chi connectivity index (χ2n) is 6.57. The van der Waals surface area contributed by atoms with E-state index in [9.17, 15) is 13.2 Å². The zero-order valence-corrected chi connectivity index (χ0v) is 14.8. The second-order valence-corrected chi connectivity index (χ2v) is 9.05. The van der Waals surface area contributed by atoms with E-state index in [4.69, 9.17) is 5.14 Å². The Labute approximate surface area is 133 Å². The summed E-state index contributed by atoms with van der Waals surface area (Å²) >= 11 is 3.20. The number of sulfonamides is 1. The number of carbonyl (C=O) groups excluding carboxylic acids is 1. The van der Waals surface area contributed by atoms with E-state index in [1.54, 1.807) is 6.07 Å². The van der Waals surface area contributed by atoms with Crippen molar-refractivity contribution < 1.29 is 13.2 Å². The van der Waals surface area contributed by atoms with E-state index < -0.39 is 10.0 Å². The molecular weight excluding hydrogens is 356 g/mol. The number of benzene rings is 1. The molecule has 0 spiro atoms. The normalized spacial score (nSPS) is 20.1. The van der Waals surface area contributed by atoms with Gasteiger partial charge in [-0.1, -0.05) is 43.6 Å². The third-order valence-corrected chi connectivity index (χ3v) is 6.11. The summed E-state index contributed by atoms with van der Waals surface area (Å²) < 4.78 is 23.3. The third kappa shape index (κ3) is 2.86. The summed E-state index contributed by atoms with van der Waals surface area (Å²) in [5, 5.41) is 8.08. The van der Waals surface area contributed by atoms with E-state index in [0.29, 0.717) is 4.47 Å². The van der Waals surface area contributed by atoms with Gasteiger partial charge in [-0.05, 0) is 29.0 Å². The molecule has 0 aliphatic heterocycles. The van der Waals surface area contributed by atoms with Crippen LogP contribution in [0.2, 0.25) is 0 Å². The van der Waals surface area contributed by atoms with Gasteiger partial charge in [0.2, 0.25) is 10.0 Å². The molecule has 1 fully saturated rings. The van der Waals surface area contributed by atoms with Crippen molar-refractivity contribution in [3.05, 3.63) is 28.2 Å². The second kappa shape index (κ2) is 4.79. The van der Waals surface area contributed by atoms with Gasteiger partial charge < -0.3 is 5.32 Å². The number of amides is 1. The van der Waals surface area contributed by atoms with Crippen molar-refractivity contribution in [2.24, 2.45) is 16.0 Å². The molecule has 0 unspecified atom stereocenters. The Balaban J connectivity index is 2.28. The van der Waals surface area contributed by atoms with Crippen molar-refractivity contribution in [2.75, 3.05) is 0 Å². The number of hydrogen-bond acceptors (Lipinski definition) is 3. The van der Waals surface area contributed by atoms with Crippen LogP contribution in [0.25, 0.3) is 0 Å². The van der Waals surface area contributed by atoms with Gasteiger partial charge in [0.15, 0.2) is 0 Å². The van der Waals surface area contributed by atoms with Gasteiger partial charge in [0.05, 0.1) is 4.90 Å². The summed E-state index contributed by atoms with van der Waals surface area (Å²) in [5.41, 5.74) is 0.293. The molecule has 116 valence electrons. The summed E-state index contributed by atoms with van der Waals surface area (Å²) in [7, 11) is -3.85. The van der Waals surface area contributed by atoms with Gasteiger partial charge in [0.1, 0.15) is 0 Å². The van der Waals surface area contributed by atoms with Crippen LogP contribution >= 0.6 is 15.9 Å². The van der Waals surface area contributed by atoms with Gasteiger partial charge in [-0.3, -0.25) is 4.79 Å². The highest BCUT2D eigenvalue weighted by atomic mass is 79.9. The summed E-state index contributed by atoms with van der Waals surface area (Å²) in [4.78, 5) is 12.2. The number of nitrogens with one attached hydrogen (secondary N) is 1. The van der Waals surface area contributed by atoms with Crippen LogP contribution in [0.3, 0.4) is 0 Å². The number of primary sulfonamides is 1. The molecule has 1 aromatic carbocycles. The Hall–Kier alpha value is -0.920. The number of halogens is 1. The molecule has 0 atom stereocenters. The molecule has 0 aromatic heterocycles. The minimum absolute atomic E-state index is 0.0114. The molecular formula is C14H19BrN2O3S. The average Bonchev–Trinajstić information content (AvgIpc) is 2.69. The number of rotatable bonds is 3. The molecule has 0 radical (unpaired) electrons. The molecule has 0 saturated heterocycles. The van der Waals surface area contributed by atoms with Crippen LogP contribution in [-0.2, 0) is 10.0 Å². The lowest BCUT2D eigenvalue weighted by Crippen LogP contribution is -2.30. The Kier molecular flexibility index (Phi) is 3.75. The Morgan fingerprint density at radius 3 is 2.14 bits per heavy atom. The summed E-state index contributed by atoms with van der Waals surface area (Å²) in [6.07, 6.45) is 0. The van der Waals surface area contributed by atoms with Crippen molar-refractivity contribution in [2.45, 2.75) is 38.6 Å². The average molecular weight is 375 g/mol. The molecule has 21 heavy (non-hydrogen) atoms. The monoisotopic (exact) mass is 374 g/mol. The first kappa shape index (κ1) is 16.5. The van der Waals surface area contributed by atoms with Crippen molar-refractivity contribution in [3.8, 4) is 0 Å². The van der Waals surface area contributed by atoms with Crippen molar-refractivity contribution in [3.63, 3.8) is 0 Å². The van der Waals surface area contributed by atoms with E-state index >= 15 is 0 Å². The van der Waals surface area contributed by atoms with E-state index in [-0.39, 0.29) is 33.2 Å². The van der Waals surface area contributed by atoms with Crippen LogP contribution in [0.5, 0.6) is 0 Å². The number of carbonyl (C=O) groups is 1. The van der Waals surface area contributed by atoms with Gasteiger partial charge >= 0.3 is 0 Å². The molecule has 0 bridgehead atoms. The molecule has 1 aliphatic rings. The number of nitrogens with two attached hydrogens (primary N) is 1. The smallest absolute Gasteiger partial charge is 0.251 e. The third-order valence-electron chi connectivity index (χ3n) is 4.76. The Morgan fingerprint density at radius 2 is 1.71 bits per heavy atom. The molecule has 1 aromatic rings. The predicted molar refractivity (Wildman–Crippen MR) is 84.3 cm³/mol. The maximum atomic E-state index is 12.3. The van der Waals surface area contributed by atoms with Crippen LogP contribution in [0, 0.1) is 10.8 Å². The lowest BCUT2D eigenvalue weighted by Gasteiger charge is -2.09. The SMILES string of the molecule is CC1(C)C(NC(=O)c2cc(Br)cc(S(N)(=O)=O)c2)C1(C)C. The fraction of sp³-hybridized carbons (Fsp3) is 0.500. The maximum absolute atomic E-state index is 12.3. The van der Waals surface area contributed by atoms with Crippen LogP contribution in [0.15, 0.2) is 27.6 Å². The molecule has 1 amide bonds. The zero-order valence-electron chi connectivity index (χ0n) is 12.4. The minimum atomic E-state index is -3.85. The maximum Gasteiger partial charge on any atom is 0.251 e. The van der Waals surface area contributed by atoms with E-state index in [1.807, 2.05) is 0 Å². The molecule has 1 saturated carbocycles. The standard InChI is InChI=1S/C14H19BrN2O3S/c1-13(2)12(14(13,3)4)17-11(18)8-5-9(15)7-10(6-8)21(16,19)20/h5-7,12H,1-4H3,(H,17,18)(H2,16,19,20). The van der Waals surface area contributed by atoms with Gasteiger partial charge in [-0.15, -0.1) is 0 Å². The highest BCUT2D eigenvalue weighted by Crippen LogP contribution is 2.62. The first-order valence-corrected chi connectivity index (χ1v) is 8.85. The Morgan fingerprint density at radius 1 is 1.19 bits per heavy atom. The van der Waals surface area contributed by atoms with Gasteiger partial charge in [0.25, 0.3) is 5.91 Å². The quantitative estimate of drug-likeness (QED) is 0.849. The predicted octanol–water partition coefficient (Wildman–Crippen LogP) is 2.26. The number of hydrogen-bond donors (Lipinski definition) is 2. The van der Waals surface area contributed by atoms with Crippen LogP contribution in [0.1, 0.15) is 38.1 Å². The molecule has 3 N–H and O–H groups in total. The van der Waals surface area contributed by atoms with Crippen molar-refractivity contribution in [1.82, 2.24) is 5.32 Å². The Bertz CT molecular complexity index is 697. The zero-order chi connectivity index (χ0) is 16.2. The first-order valence-electron chi connectivity index (χ1n) is 6.51. The lowest BCUT2D eigenvalue weighted by atomic mass is 10.0. The summed E-state index contributed by atoms with van der Waals surface area (Å²) in [6, 6.07) is 4.29. The van der Waals surface area contributed by atoms with Gasteiger partial charge in [-0.25, -0.2) is 13.6 Å². The minimum Gasteiger partial charge on any atom is -0.348 e. The molecule has 0 heterocycles. The molecule has 7 heteroatoms. The highest BCUT2D eigenvalue weighted by Gasteiger charge is 2.65. The fourth-order valence-electron chi connectivity index (χ4n) is 2.63. The van der Waals surface area contributed by atoms with Crippen LogP contribution in [0.4, 0.5) is 0 Å². The highest BCUT2D eigenvalue weighted by molar-refractivity contribution is 9.10. The van der Waals surface area contributed by atoms with Crippen molar-refractivity contribution >= 4 is 31.9 Å². The van der Waals surface area contributed by atoms with E-state index in [2.05, 4.69) is 48.9 Å². The summed E-state index contributed by atoms with van der Waals surface area (Å²) in [5.74, 6) is -0.301. The van der Waals surface area contributed by atoms with Crippen LogP contribution < -0.4 is 10.5 Å².